The quantitative estimate of drug-likeness (QED) is 0.895. The zero-order chi connectivity index (χ0) is 14.5. The van der Waals surface area contributed by atoms with E-state index in [4.69, 9.17) is 9.84 Å². The lowest BCUT2D eigenvalue weighted by molar-refractivity contribution is 0.107. The standard InChI is InChI=1S/C15H22N2O3/c1-16(15(18)19)9-12-3-5-13(6-4-12)10-17-8-7-14(11-17)20-2/h3-6,14H,7-11H2,1-2H3,(H,18,19). The summed E-state index contributed by atoms with van der Waals surface area (Å²) in [5.41, 5.74) is 2.26. The van der Waals surface area contributed by atoms with E-state index < -0.39 is 6.09 Å². The van der Waals surface area contributed by atoms with Crippen molar-refractivity contribution in [3.8, 4) is 0 Å². The molecule has 0 saturated carbocycles. The third-order valence-corrected chi connectivity index (χ3v) is 3.74. The minimum Gasteiger partial charge on any atom is -0.465 e. The highest BCUT2D eigenvalue weighted by Gasteiger charge is 2.21. The van der Waals surface area contributed by atoms with E-state index in [1.54, 1.807) is 14.2 Å². The Labute approximate surface area is 119 Å². The lowest BCUT2D eigenvalue weighted by Crippen LogP contribution is -2.24. The van der Waals surface area contributed by atoms with Crippen LogP contribution in [0.25, 0.3) is 0 Å². The molecule has 2 rings (SSSR count). The van der Waals surface area contributed by atoms with E-state index in [1.807, 2.05) is 12.1 Å². The summed E-state index contributed by atoms with van der Waals surface area (Å²) in [5.74, 6) is 0. The molecule has 1 unspecified atom stereocenters. The average Bonchev–Trinajstić information content (AvgIpc) is 2.88. The molecule has 0 bridgehead atoms. The molecule has 1 fully saturated rings. The highest BCUT2D eigenvalue weighted by atomic mass is 16.5. The molecule has 5 heteroatoms. The van der Waals surface area contributed by atoms with Crippen molar-refractivity contribution < 1.29 is 14.6 Å². The second kappa shape index (κ2) is 6.72. The number of methoxy groups -OCH3 is 1. The number of amides is 1. The van der Waals surface area contributed by atoms with E-state index in [-0.39, 0.29) is 0 Å². The Morgan fingerprint density at radius 1 is 1.40 bits per heavy atom. The zero-order valence-corrected chi connectivity index (χ0v) is 12.1. The van der Waals surface area contributed by atoms with Crippen LogP contribution >= 0.6 is 0 Å². The molecule has 1 aromatic rings. The Bertz CT molecular complexity index is 447. The molecular formula is C15H22N2O3. The van der Waals surface area contributed by atoms with Gasteiger partial charge in [-0.3, -0.25) is 4.90 Å². The topological polar surface area (TPSA) is 53.0 Å². The van der Waals surface area contributed by atoms with Crippen molar-refractivity contribution in [3.05, 3.63) is 35.4 Å². The van der Waals surface area contributed by atoms with Gasteiger partial charge in [0, 0.05) is 40.3 Å². The zero-order valence-electron chi connectivity index (χ0n) is 12.1. The third kappa shape index (κ3) is 3.95. The molecular weight excluding hydrogens is 256 g/mol. The highest BCUT2D eigenvalue weighted by Crippen LogP contribution is 2.16. The molecule has 0 aliphatic carbocycles. The van der Waals surface area contributed by atoms with Crippen molar-refractivity contribution in [2.75, 3.05) is 27.2 Å². The van der Waals surface area contributed by atoms with Crippen LogP contribution in [0.3, 0.4) is 0 Å². The summed E-state index contributed by atoms with van der Waals surface area (Å²) < 4.78 is 5.36. The van der Waals surface area contributed by atoms with Gasteiger partial charge in [0.25, 0.3) is 0 Å². The summed E-state index contributed by atoms with van der Waals surface area (Å²) >= 11 is 0. The number of nitrogens with zero attached hydrogens (tertiary/aromatic N) is 2. The smallest absolute Gasteiger partial charge is 0.407 e. The molecule has 110 valence electrons. The molecule has 1 saturated heterocycles. The number of carbonyl (C=O) groups is 1. The third-order valence-electron chi connectivity index (χ3n) is 3.74. The van der Waals surface area contributed by atoms with Crippen LogP contribution in [0.1, 0.15) is 17.5 Å². The maximum absolute atomic E-state index is 10.8. The highest BCUT2D eigenvalue weighted by molar-refractivity contribution is 5.64. The number of ether oxygens (including phenoxy) is 1. The lowest BCUT2D eigenvalue weighted by Gasteiger charge is -2.16. The fourth-order valence-corrected chi connectivity index (χ4v) is 2.48. The van der Waals surface area contributed by atoms with Gasteiger partial charge in [-0.05, 0) is 17.5 Å². The molecule has 0 radical (unpaired) electrons. The second-order valence-electron chi connectivity index (χ2n) is 5.34. The van der Waals surface area contributed by atoms with Gasteiger partial charge in [-0.2, -0.15) is 0 Å². The molecule has 0 spiro atoms. The SMILES string of the molecule is COC1CCN(Cc2ccc(CN(C)C(=O)O)cc2)C1. The van der Waals surface area contributed by atoms with Crippen molar-refractivity contribution in [3.63, 3.8) is 0 Å². The van der Waals surface area contributed by atoms with Crippen molar-refractivity contribution in [1.29, 1.82) is 0 Å². The summed E-state index contributed by atoms with van der Waals surface area (Å²) in [6, 6.07) is 8.15. The summed E-state index contributed by atoms with van der Waals surface area (Å²) in [4.78, 5) is 14.4. The molecule has 1 aliphatic rings. The minimum absolute atomic E-state index is 0.360. The van der Waals surface area contributed by atoms with E-state index >= 15 is 0 Å². The molecule has 5 nitrogen and oxygen atoms in total. The predicted octanol–water partition coefficient (Wildman–Crippen LogP) is 2.02. The molecule has 1 heterocycles. The normalized spacial score (nSPS) is 19.2. The number of likely N-dealkylation sites (tertiary alicyclic amines) is 1. The first-order chi connectivity index (χ1) is 9.58. The number of hydrogen-bond acceptors (Lipinski definition) is 3. The van der Waals surface area contributed by atoms with Crippen LogP contribution in [0.15, 0.2) is 24.3 Å². The number of carboxylic acid groups (broad SMARTS) is 1. The fourth-order valence-electron chi connectivity index (χ4n) is 2.48. The van der Waals surface area contributed by atoms with Gasteiger partial charge < -0.3 is 14.7 Å². The van der Waals surface area contributed by atoms with Crippen LogP contribution in [0.4, 0.5) is 4.79 Å². The predicted molar refractivity (Wildman–Crippen MR) is 76.6 cm³/mol. The number of benzene rings is 1. The van der Waals surface area contributed by atoms with Crippen LogP contribution in [0.2, 0.25) is 0 Å². The van der Waals surface area contributed by atoms with Crippen LogP contribution in [-0.2, 0) is 17.8 Å². The summed E-state index contributed by atoms with van der Waals surface area (Å²) in [6.07, 6.45) is 0.549. The molecule has 1 amide bonds. The van der Waals surface area contributed by atoms with Crippen LogP contribution in [-0.4, -0.2) is 54.4 Å². The van der Waals surface area contributed by atoms with Gasteiger partial charge >= 0.3 is 6.09 Å². The van der Waals surface area contributed by atoms with Crippen molar-refractivity contribution >= 4 is 6.09 Å². The molecule has 1 N–H and O–H groups in total. The van der Waals surface area contributed by atoms with E-state index in [1.165, 1.54) is 10.5 Å². The first-order valence-corrected chi connectivity index (χ1v) is 6.85. The number of rotatable bonds is 5. The maximum Gasteiger partial charge on any atom is 0.407 e. The first-order valence-electron chi connectivity index (χ1n) is 6.85. The van der Waals surface area contributed by atoms with E-state index in [9.17, 15) is 4.79 Å². The largest absolute Gasteiger partial charge is 0.465 e. The van der Waals surface area contributed by atoms with E-state index in [2.05, 4.69) is 17.0 Å². The van der Waals surface area contributed by atoms with Gasteiger partial charge in [0.1, 0.15) is 0 Å². The van der Waals surface area contributed by atoms with Crippen molar-refractivity contribution in [2.45, 2.75) is 25.6 Å². The number of hydrogen-bond donors (Lipinski definition) is 1. The van der Waals surface area contributed by atoms with Crippen molar-refractivity contribution in [2.24, 2.45) is 0 Å². The van der Waals surface area contributed by atoms with Crippen LogP contribution in [0.5, 0.6) is 0 Å². The minimum atomic E-state index is -0.906. The monoisotopic (exact) mass is 278 g/mol. The first kappa shape index (κ1) is 14.8. The average molecular weight is 278 g/mol. The summed E-state index contributed by atoms with van der Waals surface area (Å²) in [7, 11) is 3.34. The molecule has 1 aliphatic heterocycles. The molecule has 1 atom stereocenters. The Morgan fingerprint density at radius 3 is 2.60 bits per heavy atom. The second-order valence-corrected chi connectivity index (χ2v) is 5.34. The Hall–Kier alpha value is -1.59. The lowest BCUT2D eigenvalue weighted by atomic mass is 10.1. The van der Waals surface area contributed by atoms with Gasteiger partial charge in [-0.1, -0.05) is 24.3 Å². The van der Waals surface area contributed by atoms with Crippen LogP contribution < -0.4 is 0 Å². The maximum atomic E-state index is 10.8. The van der Waals surface area contributed by atoms with Crippen molar-refractivity contribution in [1.82, 2.24) is 9.80 Å². The fraction of sp³-hybridized carbons (Fsp3) is 0.533. The van der Waals surface area contributed by atoms with Gasteiger partial charge in [0.2, 0.25) is 0 Å². The van der Waals surface area contributed by atoms with Crippen LogP contribution in [0, 0.1) is 0 Å². The Morgan fingerprint density at radius 2 is 2.05 bits per heavy atom. The van der Waals surface area contributed by atoms with E-state index in [0.29, 0.717) is 12.6 Å². The molecule has 20 heavy (non-hydrogen) atoms. The van der Waals surface area contributed by atoms with Gasteiger partial charge in [-0.25, -0.2) is 4.79 Å². The van der Waals surface area contributed by atoms with Gasteiger partial charge in [-0.15, -0.1) is 0 Å². The van der Waals surface area contributed by atoms with E-state index in [0.717, 1.165) is 31.6 Å². The Balaban J connectivity index is 1.87. The van der Waals surface area contributed by atoms with Gasteiger partial charge in [0.15, 0.2) is 0 Å². The summed E-state index contributed by atoms with van der Waals surface area (Å²) in [6.45, 7) is 3.40. The van der Waals surface area contributed by atoms with Gasteiger partial charge in [0.05, 0.1) is 6.10 Å². The molecule has 1 aromatic carbocycles. The Kier molecular flexibility index (Phi) is 4.98. The summed E-state index contributed by atoms with van der Waals surface area (Å²) in [5, 5.41) is 8.84. The molecule has 0 aromatic heterocycles.